The number of carbonyl (C=O) groups is 2. The maximum atomic E-state index is 12.8. The number of benzene rings is 1. The molecule has 1 fully saturated rings. The average Bonchev–Trinajstić information content (AvgIpc) is 3.46. The Morgan fingerprint density at radius 2 is 1.93 bits per heavy atom. The van der Waals surface area contributed by atoms with E-state index in [2.05, 4.69) is 4.98 Å². The number of Topliss-reactive ketones (excluding diaryl/α,β-unsaturated/α-hetero) is 1. The molecule has 28 heavy (non-hydrogen) atoms. The van der Waals surface area contributed by atoms with Gasteiger partial charge in [-0.15, -0.1) is 0 Å². The van der Waals surface area contributed by atoms with Gasteiger partial charge in [0.05, 0.1) is 18.2 Å². The van der Waals surface area contributed by atoms with Gasteiger partial charge in [-0.25, -0.2) is 4.98 Å². The number of carbonyl (C=O) groups excluding carboxylic acids is 2. The summed E-state index contributed by atoms with van der Waals surface area (Å²) in [5.41, 5.74) is 0.532. The Balaban J connectivity index is 1.68. The number of amides is 1. The van der Waals surface area contributed by atoms with E-state index in [1.165, 1.54) is 11.2 Å². The fourth-order valence-corrected chi connectivity index (χ4v) is 3.45. The molecule has 0 aliphatic carbocycles. The van der Waals surface area contributed by atoms with Crippen LogP contribution in [0.25, 0.3) is 5.76 Å². The zero-order chi connectivity index (χ0) is 19.5. The summed E-state index contributed by atoms with van der Waals surface area (Å²) < 4.78 is 7.41. The van der Waals surface area contributed by atoms with Crippen molar-refractivity contribution in [3.63, 3.8) is 0 Å². The molecule has 1 aliphatic heterocycles. The van der Waals surface area contributed by atoms with Crippen molar-refractivity contribution in [1.29, 1.82) is 0 Å². The van der Waals surface area contributed by atoms with Crippen LogP contribution in [0.2, 0.25) is 0 Å². The Morgan fingerprint density at radius 3 is 2.61 bits per heavy atom. The summed E-state index contributed by atoms with van der Waals surface area (Å²) in [5, 5.41) is 10.8. The molecule has 4 rings (SSSR count). The van der Waals surface area contributed by atoms with Gasteiger partial charge in [-0.3, -0.25) is 9.59 Å². The molecule has 2 aromatic heterocycles. The number of aryl methyl sites for hydroxylation is 1. The van der Waals surface area contributed by atoms with Crippen LogP contribution in [0.15, 0.2) is 77.4 Å². The zero-order valence-corrected chi connectivity index (χ0v) is 15.1. The van der Waals surface area contributed by atoms with Crippen LogP contribution in [0, 0.1) is 0 Å². The van der Waals surface area contributed by atoms with Crippen LogP contribution in [-0.2, 0) is 16.1 Å². The van der Waals surface area contributed by atoms with Gasteiger partial charge in [0.15, 0.2) is 0 Å². The van der Waals surface area contributed by atoms with Crippen LogP contribution in [0.1, 0.15) is 23.8 Å². The normalized spacial score (nSPS) is 18.7. The number of likely N-dealkylation sites (tertiary alicyclic amines) is 1. The van der Waals surface area contributed by atoms with Gasteiger partial charge in [0.1, 0.15) is 17.6 Å². The summed E-state index contributed by atoms with van der Waals surface area (Å²) in [6.07, 6.45) is 7.35. The van der Waals surface area contributed by atoms with Gasteiger partial charge in [0, 0.05) is 31.0 Å². The second-order valence-corrected chi connectivity index (χ2v) is 6.53. The minimum Gasteiger partial charge on any atom is -0.507 e. The highest BCUT2D eigenvalue weighted by Crippen LogP contribution is 2.39. The van der Waals surface area contributed by atoms with Gasteiger partial charge >= 0.3 is 0 Å². The largest absolute Gasteiger partial charge is 0.507 e. The second kappa shape index (κ2) is 7.56. The Hall–Kier alpha value is -3.61. The van der Waals surface area contributed by atoms with Gasteiger partial charge in [-0.1, -0.05) is 30.3 Å². The molecule has 7 nitrogen and oxygen atoms in total. The summed E-state index contributed by atoms with van der Waals surface area (Å²) in [5.74, 6) is -1.09. The van der Waals surface area contributed by atoms with E-state index in [0.29, 0.717) is 30.8 Å². The number of furan rings is 1. The third-order valence-electron chi connectivity index (χ3n) is 4.77. The van der Waals surface area contributed by atoms with E-state index in [0.717, 1.165) is 0 Å². The predicted octanol–water partition coefficient (Wildman–Crippen LogP) is 2.99. The van der Waals surface area contributed by atoms with E-state index in [1.807, 2.05) is 16.8 Å². The molecule has 3 aromatic rings. The lowest BCUT2D eigenvalue weighted by Gasteiger charge is -2.23. The van der Waals surface area contributed by atoms with Gasteiger partial charge in [0.25, 0.3) is 11.7 Å². The van der Waals surface area contributed by atoms with Crippen LogP contribution in [0.4, 0.5) is 0 Å². The lowest BCUT2D eigenvalue weighted by Crippen LogP contribution is -2.31. The van der Waals surface area contributed by atoms with E-state index in [4.69, 9.17) is 4.42 Å². The maximum absolute atomic E-state index is 12.8. The Bertz CT molecular complexity index is 992. The number of nitrogens with zero attached hydrogens (tertiary/aromatic N) is 3. The number of aromatic nitrogens is 2. The quantitative estimate of drug-likeness (QED) is 0.405. The molecule has 1 atom stereocenters. The van der Waals surface area contributed by atoms with Gasteiger partial charge in [-0.2, -0.15) is 0 Å². The predicted molar refractivity (Wildman–Crippen MR) is 101 cm³/mol. The van der Waals surface area contributed by atoms with Crippen LogP contribution in [0.3, 0.4) is 0 Å². The van der Waals surface area contributed by atoms with Crippen molar-refractivity contribution in [1.82, 2.24) is 14.5 Å². The maximum Gasteiger partial charge on any atom is 0.295 e. The highest BCUT2D eigenvalue weighted by molar-refractivity contribution is 6.46. The Kier molecular flexibility index (Phi) is 4.80. The SMILES string of the molecule is O=C1C(=O)N(CCCn2ccnc2)[C@@H](c2ccco2)/C1=C(\O)c1ccccc1. The standard InChI is InChI=1S/C21H19N3O4/c25-19(15-6-2-1-3-7-15)17-18(16-8-4-13-28-16)24(21(27)20(17)26)11-5-10-23-12-9-22-14-23/h1-4,6-9,12-14,18,25H,5,10-11H2/b19-17+/t18-/m0/s1. The second-order valence-electron chi connectivity index (χ2n) is 6.53. The van der Waals surface area contributed by atoms with Crippen molar-refractivity contribution < 1.29 is 19.1 Å². The number of hydrogen-bond donors (Lipinski definition) is 1. The van der Waals surface area contributed by atoms with Crippen LogP contribution >= 0.6 is 0 Å². The molecule has 1 amide bonds. The minimum absolute atomic E-state index is 0.0498. The molecule has 1 N–H and O–H groups in total. The van der Waals surface area contributed by atoms with E-state index in [9.17, 15) is 14.7 Å². The first-order chi connectivity index (χ1) is 13.7. The van der Waals surface area contributed by atoms with E-state index >= 15 is 0 Å². The topological polar surface area (TPSA) is 88.6 Å². The van der Waals surface area contributed by atoms with Crippen molar-refractivity contribution in [3.8, 4) is 0 Å². The highest BCUT2D eigenvalue weighted by atomic mass is 16.3. The van der Waals surface area contributed by atoms with E-state index in [-0.39, 0.29) is 11.3 Å². The van der Waals surface area contributed by atoms with Crippen LogP contribution < -0.4 is 0 Å². The van der Waals surface area contributed by atoms with Crippen molar-refractivity contribution >= 4 is 17.4 Å². The van der Waals surface area contributed by atoms with Crippen molar-refractivity contribution in [3.05, 3.63) is 84.3 Å². The molecule has 0 radical (unpaired) electrons. The number of ketones is 1. The lowest BCUT2D eigenvalue weighted by atomic mass is 9.99. The molecule has 0 bridgehead atoms. The highest BCUT2D eigenvalue weighted by Gasteiger charge is 2.47. The molecule has 0 spiro atoms. The summed E-state index contributed by atoms with van der Waals surface area (Å²) in [4.78, 5) is 30.9. The Morgan fingerprint density at radius 1 is 1.11 bits per heavy atom. The first-order valence-electron chi connectivity index (χ1n) is 9.00. The first-order valence-corrected chi connectivity index (χ1v) is 9.00. The van der Waals surface area contributed by atoms with Crippen LogP contribution in [0.5, 0.6) is 0 Å². The molecule has 1 aliphatic rings. The van der Waals surface area contributed by atoms with Gasteiger partial charge in [-0.05, 0) is 18.6 Å². The molecule has 7 heteroatoms. The molecule has 142 valence electrons. The van der Waals surface area contributed by atoms with Gasteiger partial charge in [0.2, 0.25) is 0 Å². The van der Waals surface area contributed by atoms with E-state index < -0.39 is 17.7 Å². The number of aliphatic hydroxyl groups excluding tert-OH is 1. The molecule has 0 unspecified atom stereocenters. The molecule has 1 aromatic carbocycles. The lowest BCUT2D eigenvalue weighted by molar-refractivity contribution is -0.140. The molecule has 1 saturated heterocycles. The van der Waals surface area contributed by atoms with E-state index in [1.54, 1.807) is 48.9 Å². The number of hydrogen-bond acceptors (Lipinski definition) is 5. The van der Waals surface area contributed by atoms with Crippen LogP contribution in [-0.4, -0.2) is 37.8 Å². The Labute approximate surface area is 161 Å². The number of aliphatic hydroxyl groups is 1. The zero-order valence-electron chi connectivity index (χ0n) is 15.1. The molecule has 3 heterocycles. The summed E-state index contributed by atoms with van der Waals surface area (Å²) in [7, 11) is 0. The fraction of sp³-hybridized carbons (Fsp3) is 0.190. The molecular weight excluding hydrogens is 358 g/mol. The molecular formula is C21H19N3O4. The monoisotopic (exact) mass is 377 g/mol. The third kappa shape index (κ3) is 3.22. The summed E-state index contributed by atoms with van der Waals surface area (Å²) >= 11 is 0. The number of rotatable bonds is 6. The average molecular weight is 377 g/mol. The van der Waals surface area contributed by atoms with Crippen molar-refractivity contribution in [2.45, 2.75) is 19.0 Å². The minimum atomic E-state index is -0.752. The molecule has 0 saturated carbocycles. The van der Waals surface area contributed by atoms with Gasteiger partial charge < -0.3 is 19.0 Å². The number of imidazole rings is 1. The third-order valence-corrected chi connectivity index (χ3v) is 4.77. The summed E-state index contributed by atoms with van der Waals surface area (Å²) in [6, 6.07) is 11.4. The first kappa shape index (κ1) is 17.8. The van der Waals surface area contributed by atoms with Crippen molar-refractivity contribution in [2.24, 2.45) is 0 Å². The fourth-order valence-electron chi connectivity index (χ4n) is 3.45. The van der Waals surface area contributed by atoms with Crippen molar-refractivity contribution in [2.75, 3.05) is 6.54 Å². The smallest absolute Gasteiger partial charge is 0.295 e. The summed E-state index contributed by atoms with van der Waals surface area (Å²) in [6.45, 7) is 1.01.